The van der Waals surface area contributed by atoms with Crippen LogP contribution >= 0.6 is 15.9 Å². The Morgan fingerprint density at radius 3 is 3.18 bits per heavy atom. The number of halogens is 1. The van der Waals surface area contributed by atoms with E-state index < -0.39 is 0 Å². The minimum Gasteiger partial charge on any atom is -0.353 e. The molecule has 7 heteroatoms. The van der Waals surface area contributed by atoms with Gasteiger partial charge in [-0.3, -0.25) is 4.79 Å². The molecule has 1 saturated heterocycles. The summed E-state index contributed by atoms with van der Waals surface area (Å²) in [5.41, 5.74) is 0.767. The van der Waals surface area contributed by atoms with Crippen molar-refractivity contribution in [2.75, 3.05) is 24.5 Å². The van der Waals surface area contributed by atoms with Gasteiger partial charge >= 0.3 is 0 Å². The molecule has 0 aliphatic carbocycles. The van der Waals surface area contributed by atoms with E-state index in [-0.39, 0.29) is 5.91 Å². The fourth-order valence-electron chi connectivity index (χ4n) is 1.92. The summed E-state index contributed by atoms with van der Waals surface area (Å²) < 4.78 is 2.61. The van der Waals surface area contributed by atoms with Gasteiger partial charge in [-0.05, 0) is 15.9 Å². The van der Waals surface area contributed by atoms with Gasteiger partial charge in [-0.15, -0.1) is 0 Å². The number of anilines is 1. The van der Waals surface area contributed by atoms with Gasteiger partial charge in [0.15, 0.2) is 11.5 Å². The summed E-state index contributed by atoms with van der Waals surface area (Å²) in [5, 5.41) is 2.79. The SMILES string of the molecule is O=C1CN(c2nc(Br)cn3ccnc23)CCN1. The van der Waals surface area contributed by atoms with E-state index in [4.69, 9.17) is 0 Å². The van der Waals surface area contributed by atoms with E-state index in [0.717, 1.165) is 22.6 Å². The van der Waals surface area contributed by atoms with E-state index in [0.29, 0.717) is 13.1 Å². The zero-order valence-corrected chi connectivity index (χ0v) is 10.5. The van der Waals surface area contributed by atoms with Crippen LogP contribution in [0.4, 0.5) is 5.82 Å². The third-order valence-electron chi connectivity index (χ3n) is 2.66. The first-order chi connectivity index (χ1) is 8.24. The number of nitrogens with one attached hydrogen (secondary N) is 1. The molecule has 1 aliphatic heterocycles. The predicted molar refractivity (Wildman–Crippen MR) is 65.9 cm³/mol. The first-order valence-corrected chi connectivity index (χ1v) is 6.04. The summed E-state index contributed by atoms with van der Waals surface area (Å²) in [4.78, 5) is 22.0. The number of hydrogen-bond acceptors (Lipinski definition) is 4. The van der Waals surface area contributed by atoms with Gasteiger partial charge < -0.3 is 14.6 Å². The maximum absolute atomic E-state index is 11.4. The average Bonchev–Trinajstić information content (AvgIpc) is 2.75. The van der Waals surface area contributed by atoms with Crippen LogP contribution in [-0.4, -0.2) is 39.9 Å². The molecule has 1 amide bonds. The fourth-order valence-corrected chi connectivity index (χ4v) is 2.31. The fraction of sp³-hybridized carbons (Fsp3) is 0.300. The highest BCUT2D eigenvalue weighted by Gasteiger charge is 2.20. The molecular formula is C10H10BrN5O. The van der Waals surface area contributed by atoms with Crippen molar-refractivity contribution in [3.8, 4) is 0 Å². The largest absolute Gasteiger partial charge is 0.353 e. The number of aromatic nitrogens is 3. The zero-order valence-electron chi connectivity index (χ0n) is 8.93. The van der Waals surface area contributed by atoms with Gasteiger partial charge in [-0.1, -0.05) is 0 Å². The number of hydrogen-bond donors (Lipinski definition) is 1. The Morgan fingerprint density at radius 2 is 2.35 bits per heavy atom. The van der Waals surface area contributed by atoms with Gasteiger partial charge in [-0.25, -0.2) is 9.97 Å². The quantitative estimate of drug-likeness (QED) is 0.829. The minimum absolute atomic E-state index is 0.0164. The Kier molecular flexibility index (Phi) is 2.47. The summed E-state index contributed by atoms with van der Waals surface area (Å²) in [6.07, 6.45) is 5.42. The number of carbonyl (C=O) groups excluding carboxylic acids is 1. The van der Waals surface area contributed by atoms with Crippen LogP contribution in [0.1, 0.15) is 0 Å². The molecule has 17 heavy (non-hydrogen) atoms. The lowest BCUT2D eigenvalue weighted by Crippen LogP contribution is -2.48. The molecule has 0 bridgehead atoms. The monoisotopic (exact) mass is 295 g/mol. The molecule has 0 unspecified atom stereocenters. The van der Waals surface area contributed by atoms with Crippen molar-refractivity contribution in [2.24, 2.45) is 0 Å². The number of nitrogens with zero attached hydrogens (tertiary/aromatic N) is 4. The molecule has 88 valence electrons. The number of amides is 1. The number of rotatable bonds is 1. The van der Waals surface area contributed by atoms with Crippen LogP contribution in [-0.2, 0) is 4.79 Å². The molecular weight excluding hydrogens is 286 g/mol. The number of piperazine rings is 1. The molecule has 1 N–H and O–H groups in total. The third-order valence-corrected chi connectivity index (χ3v) is 3.05. The molecule has 0 aromatic carbocycles. The maximum atomic E-state index is 11.4. The smallest absolute Gasteiger partial charge is 0.239 e. The first kappa shape index (κ1) is 10.5. The zero-order chi connectivity index (χ0) is 11.8. The van der Waals surface area contributed by atoms with E-state index in [1.54, 1.807) is 6.20 Å². The van der Waals surface area contributed by atoms with Crippen molar-refractivity contribution < 1.29 is 4.79 Å². The topological polar surface area (TPSA) is 62.5 Å². The van der Waals surface area contributed by atoms with E-state index in [1.807, 2.05) is 21.7 Å². The lowest BCUT2D eigenvalue weighted by atomic mass is 10.3. The average molecular weight is 296 g/mol. The van der Waals surface area contributed by atoms with E-state index in [1.165, 1.54) is 0 Å². The Labute approximate surface area is 106 Å². The second-order valence-corrected chi connectivity index (χ2v) is 4.63. The second kappa shape index (κ2) is 3.99. The lowest BCUT2D eigenvalue weighted by Gasteiger charge is -2.27. The van der Waals surface area contributed by atoms with E-state index in [9.17, 15) is 4.79 Å². The highest BCUT2D eigenvalue weighted by Crippen LogP contribution is 2.21. The van der Waals surface area contributed by atoms with Crippen molar-refractivity contribution in [3.05, 3.63) is 23.2 Å². The standard InChI is InChI=1S/C10H10BrN5O/c11-7-5-15-4-2-13-9(15)10(14-7)16-3-1-12-8(17)6-16/h2,4-5H,1,3,6H2,(H,12,17). The summed E-state index contributed by atoms with van der Waals surface area (Å²) in [5.74, 6) is 0.752. The number of carbonyl (C=O) groups is 1. The van der Waals surface area contributed by atoms with Gasteiger partial charge in [0.25, 0.3) is 0 Å². The highest BCUT2D eigenvalue weighted by molar-refractivity contribution is 9.10. The summed E-state index contributed by atoms with van der Waals surface area (Å²) in [6, 6.07) is 0. The number of fused-ring (bicyclic) bond motifs is 1. The normalized spacial score (nSPS) is 16.3. The lowest BCUT2D eigenvalue weighted by molar-refractivity contribution is -0.120. The van der Waals surface area contributed by atoms with Crippen molar-refractivity contribution in [1.29, 1.82) is 0 Å². The molecule has 0 atom stereocenters. The summed E-state index contributed by atoms with van der Waals surface area (Å²) in [7, 11) is 0. The molecule has 0 radical (unpaired) electrons. The molecule has 1 fully saturated rings. The molecule has 3 heterocycles. The van der Waals surface area contributed by atoms with Crippen molar-refractivity contribution in [1.82, 2.24) is 19.7 Å². The van der Waals surface area contributed by atoms with E-state index >= 15 is 0 Å². The summed E-state index contributed by atoms with van der Waals surface area (Å²) in [6.45, 7) is 1.71. The molecule has 0 saturated carbocycles. The Balaban J connectivity index is 2.09. The molecule has 3 rings (SSSR count). The molecule has 0 spiro atoms. The highest BCUT2D eigenvalue weighted by atomic mass is 79.9. The Bertz CT molecular complexity index is 581. The van der Waals surface area contributed by atoms with Gasteiger partial charge in [0.05, 0.1) is 6.54 Å². The van der Waals surface area contributed by atoms with Crippen LogP contribution in [0.25, 0.3) is 5.65 Å². The van der Waals surface area contributed by atoms with Crippen molar-refractivity contribution in [3.63, 3.8) is 0 Å². The predicted octanol–water partition coefficient (Wildman–Crippen LogP) is 0.428. The van der Waals surface area contributed by atoms with Gasteiger partial charge in [0.1, 0.15) is 4.60 Å². The Morgan fingerprint density at radius 1 is 1.47 bits per heavy atom. The van der Waals surface area contributed by atoms with Crippen LogP contribution < -0.4 is 10.2 Å². The van der Waals surface area contributed by atoms with Crippen LogP contribution in [0, 0.1) is 0 Å². The first-order valence-electron chi connectivity index (χ1n) is 5.25. The second-order valence-electron chi connectivity index (χ2n) is 3.82. The molecule has 2 aromatic rings. The molecule has 6 nitrogen and oxygen atoms in total. The molecule has 1 aliphatic rings. The van der Waals surface area contributed by atoms with Crippen LogP contribution in [0.5, 0.6) is 0 Å². The molecule has 2 aromatic heterocycles. The van der Waals surface area contributed by atoms with Crippen molar-refractivity contribution in [2.45, 2.75) is 0 Å². The van der Waals surface area contributed by atoms with E-state index in [2.05, 4.69) is 31.2 Å². The van der Waals surface area contributed by atoms with Gasteiger partial charge in [0, 0.05) is 31.7 Å². The van der Waals surface area contributed by atoms with Crippen LogP contribution in [0.3, 0.4) is 0 Å². The van der Waals surface area contributed by atoms with Gasteiger partial charge in [0.2, 0.25) is 5.91 Å². The minimum atomic E-state index is 0.0164. The van der Waals surface area contributed by atoms with Crippen LogP contribution in [0.15, 0.2) is 23.2 Å². The maximum Gasteiger partial charge on any atom is 0.239 e. The Hall–Kier alpha value is -1.63. The van der Waals surface area contributed by atoms with Crippen molar-refractivity contribution >= 4 is 33.3 Å². The van der Waals surface area contributed by atoms with Crippen LogP contribution in [0.2, 0.25) is 0 Å². The van der Waals surface area contributed by atoms with Gasteiger partial charge in [-0.2, -0.15) is 0 Å². The third kappa shape index (κ3) is 1.86. The number of imidazole rings is 1. The summed E-state index contributed by atoms with van der Waals surface area (Å²) >= 11 is 3.36.